The van der Waals surface area contributed by atoms with Crippen molar-refractivity contribution in [1.82, 2.24) is 5.32 Å². The second kappa shape index (κ2) is 7.14. The van der Waals surface area contributed by atoms with Crippen molar-refractivity contribution in [3.8, 4) is 11.5 Å². The number of ether oxygens (including phenoxy) is 2. The molecule has 2 N–H and O–H groups in total. The van der Waals surface area contributed by atoms with Gasteiger partial charge in [0.2, 0.25) is 0 Å². The first-order chi connectivity index (χ1) is 9.75. The zero-order chi connectivity index (χ0) is 16.1. The molecule has 120 valence electrons. The Morgan fingerprint density at radius 1 is 1.19 bits per heavy atom. The lowest BCUT2D eigenvalue weighted by atomic mass is 9.86. The molecule has 1 aromatic carbocycles. The molecule has 0 saturated heterocycles. The lowest BCUT2D eigenvalue weighted by Crippen LogP contribution is -2.44. The van der Waals surface area contributed by atoms with Crippen LogP contribution < -0.4 is 14.8 Å². The van der Waals surface area contributed by atoms with E-state index in [9.17, 15) is 5.11 Å². The summed E-state index contributed by atoms with van der Waals surface area (Å²) < 4.78 is 11.3. The normalized spacial score (nSPS) is 14.6. The summed E-state index contributed by atoms with van der Waals surface area (Å²) in [6, 6.07) is 5.89. The first kappa shape index (κ1) is 17.8. The number of benzene rings is 1. The zero-order valence-electron chi connectivity index (χ0n) is 14.1. The van der Waals surface area contributed by atoms with E-state index in [1.165, 1.54) is 0 Å². The van der Waals surface area contributed by atoms with Gasteiger partial charge in [0.1, 0.15) is 11.5 Å². The molecule has 4 heteroatoms. The molecule has 0 bridgehead atoms. The molecule has 0 heterocycles. The zero-order valence-corrected chi connectivity index (χ0v) is 14.1. The number of hydrogen-bond acceptors (Lipinski definition) is 4. The summed E-state index contributed by atoms with van der Waals surface area (Å²) in [5.41, 5.74) is 0.790. The minimum Gasteiger partial charge on any atom is -0.497 e. The first-order valence-corrected chi connectivity index (χ1v) is 7.37. The van der Waals surface area contributed by atoms with Crippen LogP contribution in [-0.2, 0) is 5.41 Å². The van der Waals surface area contributed by atoms with Crippen LogP contribution in [0.4, 0.5) is 0 Å². The van der Waals surface area contributed by atoms with Crippen LogP contribution in [0.5, 0.6) is 11.5 Å². The van der Waals surface area contributed by atoms with Crippen molar-refractivity contribution in [2.75, 3.05) is 27.4 Å². The molecular weight excluding hydrogens is 266 g/mol. The Morgan fingerprint density at radius 3 is 2.33 bits per heavy atom. The summed E-state index contributed by atoms with van der Waals surface area (Å²) in [6.07, 6.45) is 0.732. The maximum Gasteiger partial charge on any atom is 0.123 e. The van der Waals surface area contributed by atoms with Gasteiger partial charge in [0, 0.05) is 17.5 Å². The second-order valence-electron chi connectivity index (χ2n) is 6.68. The van der Waals surface area contributed by atoms with Gasteiger partial charge >= 0.3 is 0 Å². The number of aliphatic hydroxyl groups is 1. The van der Waals surface area contributed by atoms with E-state index in [1.807, 2.05) is 32.2 Å². The summed E-state index contributed by atoms with van der Waals surface area (Å²) >= 11 is 0. The van der Waals surface area contributed by atoms with Crippen LogP contribution in [0.3, 0.4) is 0 Å². The average molecular weight is 295 g/mol. The van der Waals surface area contributed by atoms with E-state index in [1.54, 1.807) is 7.11 Å². The highest BCUT2D eigenvalue weighted by atomic mass is 16.5. The Bertz CT molecular complexity index is 448. The Balaban J connectivity index is 2.84. The van der Waals surface area contributed by atoms with E-state index < -0.39 is 0 Å². The minimum absolute atomic E-state index is 0.0207. The number of rotatable bonds is 7. The van der Waals surface area contributed by atoms with Crippen LogP contribution in [0.2, 0.25) is 0 Å². The highest BCUT2D eigenvalue weighted by Crippen LogP contribution is 2.34. The van der Waals surface area contributed by atoms with Gasteiger partial charge < -0.3 is 19.9 Å². The Labute approximate surface area is 128 Å². The van der Waals surface area contributed by atoms with Gasteiger partial charge in [0.05, 0.1) is 20.3 Å². The molecular formula is C17H29NO3. The van der Waals surface area contributed by atoms with Crippen molar-refractivity contribution >= 4 is 0 Å². The molecule has 4 nitrogen and oxygen atoms in total. The van der Waals surface area contributed by atoms with E-state index in [-0.39, 0.29) is 17.6 Å². The van der Waals surface area contributed by atoms with Crippen molar-refractivity contribution in [2.24, 2.45) is 0 Å². The predicted octanol–water partition coefficient (Wildman–Crippen LogP) is 2.73. The quantitative estimate of drug-likeness (QED) is 0.812. The summed E-state index contributed by atoms with van der Waals surface area (Å²) in [5, 5.41) is 12.5. The van der Waals surface area contributed by atoms with Gasteiger partial charge in [-0.05, 0) is 37.6 Å². The minimum atomic E-state index is -0.311. The third kappa shape index (κ3) is 4.90. The van der Waals surface area contributed by atoms with Crippen LogP contribution in [-0.4, -0.2) is 38.0 Å². The predicted molar refractivity (Wildman–Crippen MR) is 86.4 cm³/mol. The SMILES string of the molecule is CNC(C)(CO)CCOc1ccc(OC)cc1C(C)(C)C. The lowest BCUT2D eigenvalue weighted by Gasteiger charge is -2.28. The Morgan fingerprint density at radius 2 is 1.86 bits per heavy atom. The molecule has 0 radical (unpaired) electrons. The fourth-order valence-corrected chi connectivity index (χ4v) is 2.02. The van der Waals surface area contributed by atoms with Crippen molar-refractivity contribution in [3.63, 3.8) is 0 Å². The third-order valence-corrected chi connectivity index (χ3v) is 3.86. The van der Waals surface area contributed by atoms with Gasteiger partial charge in [-0.25, -0.2) is 0 Å². The summed E-state index contributed by atoms with van der Waals surface area (Å²) in [6.45, 7) is 9.07. The highest BCUT2D eigenvalue weighted by molar-refractivity contribution is 5.44. The van der Waals surface area contributed by atoms with Gasteiger partial charge in [-0.2, -0.15) is 0 Å². The van der Waals surface area contributed by atoms with Gasteiger partial charge in [0.25, 0.3) is 0 Å². The van der Waals surface area contributed by atoms with Crippen molar-refractivity contribution in [3.05, 3.63) is 23.8 Å². The maximum atomic E-state index is 9.40. The fourth-order valence-electron chi connectivity index (χ4n) is 2.02. The molecule has 0 fully saturated rings. The maximum absolute atomic E-state index is 9.40. The van der Waals surface area contributed by atoms with Crippen molar-refractivity contribution in [1.29, 1.82) is 0 Å². The van der Waals surface area contributed by atoms with Crippen LogP contribution in [0.25, 0.3) is 0 Å². The van der Waals surface area contributed by atoms with Gasteiger partial charge in [0.15, 0.2) is 0 Å². The summed E-state index contributed by atoms with van der Waals surface area (Å²) in [4.78, 5) is 0. The molecule has 0 saturated carbocycles. The summed E-state index contributed by atoms with van der Waals surface area (Å²) in [5.74, 6) is 1.71. The summed E-state index contributed by atoms with van der Waals surface area (Å²) in [7, 11) is 3.52. The molecule has 0 aliphatic carbocycles. The van der Waals surface area contributed by atoms with Gasteiger partial charge in [-0.15, -0.1) is 0 Å². The van der Waals surface area contributed by atoms with Gasteiger partial charge in [-0.1, -0.05) is 20.8 Å². The van der Waals surface area contributed by atoms with Crippen molar-refractivity contribution < 1.29 is 14.6 Å². The molecule has 0 aliphatic heterocycles. The van der Waals surface area contributed by atoms with Crippen LogP contribution in [0.15, 0.2) is 18.2 Å². The van der Waals surface area contributed by atoms with E-state index in [0.29, 0.717) is 6.61 Å². The first-order valence-electron chi connectivity index (χ1n) is 7.37. The number of likely N-dealkylation sites (N-methyl/N-ethyl adjacent to an activating group) is 1. The highest BCUT2D eigenvalue weighted by Gasteiger charge is 2.23. The fraction of sp³-hybridized carbons (Fsp3) is 0.647. The van der Waals surface area contributed by atoms with E-state index >= 15 is 0 Å². The number of methoxy groups -OCH3 is 1. The van der Waals surface area contributed by atoms with E-state index in [2.05, 4.69) is 26.1 Å². The molecule has 0 amide bonds. The standard InChI is InChI=1S/C17H29NO3/c1-16(2,3)14-11-13(20-6)7-8-15(14)21-10-9-17(4,12-19)18-5/h7-8,11,18-19H,9-10,12H2,1-6H3. The molecule has 1 aromatic rings. The smallest absolute Gasteiger partial charge is 0.123 e. The third-order valence-electron chi connectivity index (χ3n) is 3.86. The van der Waals surface area contributed by atoms with E-state index in [0.717, 1.165) is 23.5 Å². The Hall–Kier alpha value is -1.26. The largest absolute Gasteiger partial charge is 0.497 e. The molecule has 0 spiro atoms. The lowest BCUT2D eigenvalue weighted by molar-refractivity contribution is 0.150. The van der Waals surface area contributed by atoms with Crippen LogP contribution in [0.1, 0.15) is 39.7 Å². The van der Waals surface area contributed by atoms with Crippen LogP contribution >= 0.6 is 0 Å². The molecule has 0 aliphatic rings. The number of aliphatic hydroxyl groups excluding tert-OH is 1. The molecule has 1 unspecified atom stereocenters. The topological polar surface area (TPSA) is 50.7 Å². The average Bonchev–Trinajstić information content (AvgIpc) is 2.46. The number of hydrogen-bond donors (Lipinski definition) is 2. The van der Waals surface area contributed by atoms with Gasteiger partial charge in [-0.3, -0.25) is 0 Å². The second-order valence-corrected chi connectivity index (χ2v) is 6.68. The monoisotopic (exact) mass is 295 g/mol. The number of nitrogens with one attached hydrogen (secondary N) is 1. The van der Waals surface area contributed by atoms with Crippen molar-refractivity contribution in [2.45, 2.75) is 45.1 Å². The molecule has 1 rings (SSSR count). The molecule has 21 heavy (non-hydrogen) atoms. The molecule has 0 aromatic heterocycles. The molecule has 1 atom stereocenters. The van der Waals surface area contributed by atoms with Crippen LogP contribution in [0, 0.1) is 0 Å². The van der Waals surface area contributed by atoms with E-state index in [4.69, 9.17) is 9.47 Å². The Kier molecular flexibility index (Phi) is 6.05.